The molecule has 1 fully saturated rings. The van der Waals surface area contributed by atoms with Crippen molar-refractivity contribution in [1.29, 1.82) is 0 Å². The van der Waals surface area contributed by atoms with E-state index in [0.29, 0.717) is 6.54 Å². The van der Waals surface area contributed by atoms with Crippen molar-refractivity contribution >= 4 is 23.8 Å². The number of nitrogens with one attached hydrogen (secondary N) is 2. The summed E-state index contributed by atoms with van der Waals surface area (Å²) in [5.41, 5.74) is 2.05. The highest BCUT2D eigenvalue weighted by Crippen LogP contribution is 2.37. The third-order valence-corrected chi connectivity index (χ3v) is 4.55. The number of urea groups is 1. The van der Waals surface area contributed by atoms with E-state index in [4.69, 9.17) is 5.11 Å². The van der Waals surface area contributed by atoms with Crippen LogP contribution in [0, 0.1) is 0 Å². The molecule has 0 aromatic rings. The second-order valence-electron chi connectivity index (χ2n) is 4.41. The van der Waals surface area contributed by atoms with Gasteiger partial charge in [0.05, 0.1) is 0 Å². The van der Waals surface area contributed by atoms with E-state index in [1.165, 1.54) is 19.3 Å². The lowest BCUT2D eigenvalue weighted by Crippen LogP contribution is -2.45. The van der Waals surface area contributed by atoms with Gasteiger partial charge < -0.3 is 10.4 Å². The van der Waals surface area contributed by atoms with Crippen molar-refractivity contribution in [1.82, 2.24) is 10.8 Å². The van der Waals surface area contributed by atoms with Crippen molar-refractivity contribution in [3.05, 3.63) is 0 Å². The normalized spacial score (nSPS) is 18.1. The van der Waals surface area contributed by atoms with Crippen LogP contribution in [-0.4, -0.2) is 41.3 Å². The number of carboxylic acids is 1. The van der Waals surface area contributed by atoms with E-state index in [-0.39, 0.29) is 4.75 Å². The molecule has 0 atom stereocenters. The van der Waals surface area contributed by atoms with Gasteiger partial charge in [0.15, 0.2) is 6.61 Å². The van der Waals surface area contributed by atoms with Gasteiger partial charge in [-0.25, -0.2) is 15.1 Å². The average molecular weight is 276 g/mol. The number of carbonyl (C=O) groups is 2. The number of hydroxylamine groups is 1. The molecule has 3 N–H and O–H groups in total. The largest absolute Gasteiger partial charge is 0.479 e. The van der Waals surface area contributed by atoms with E-state index in [1.807, 2.05) is 0 Å². The van der Waals surface area contributed by atoms with Crippen LogP contribution >= 0.6 is 11.8 Å². The molecule has 104 valence electrons. The van der Waals surface area contributed by atoms with Crippen LogP contribution in [0.15, 0.2) is 0 Å². The fourth-order valence-electron chi connectivity index (χ4n) is 2.09. The molecule has 0 bridgehead atoms. The van der Waals surface area contributed by atoms with Crippen molar-refractivity contribution in [2.45, 2.75) is 36.9 Å². The maximum atomic E-state index is 11.4. The number of hydrogen-bond donors (Lipinski definition) is 3. The Morgan fingerprint density at radius 1 is 1.33 bits per heavy atom. The molecule has 0 aromatic heterocycles. The highest BCUT2D eigenvalue weighted by atomic mass is 32.2. The SMILES string of the molecule is CSC1(CNC(=O)NOCC(=O)O)CCCCC1. The molecule has 7 heteroatoms. The van der Waals surface area contributed by atoms with E-state index in [9.17, 15) is 9.59 Å². The molecule has 6 nitrogen and oxygen atoms in total. The monoisotopic (exact) mass is 276 g/mol. The molecule has 1 aliphatic rings. The number of hydrogen-bond acceptors (Lipinski definition) is 4. The van der Waals surface area contributed by atoms with E-state index >= 15 is 0 Å². The van der Waals surface area contributed by atoms with Crippen molar-refractivity contribution in [2.24, 2.45) is 0 Å². The number of carbonyl (C=O) groups excluding carboxylic acids is 1. The fraction of sp³-hybridized carbons (Fsp3) is 0.818. The summed E-state index contributed by atoms with van der Waals surface area (Å²) >= 11 is 1.79. The minimum absolute atomic E-state index is 0.113. The first-order chi connectivity index (χ1) is 8.58. The molecule has 1 rings (SSSR count). The number of thioether (sulfide) groups is 1. The molecule has 0 heterocycles. The minimum Gasteiger partial charge on any atom is -0.479 e. The van der Waals surface area contributed by atoms with Gasteiger partial charge in [0.25, 0.3) is 0 Å². The Bertz CT molecular complexity index is 293. The van der Waals surface area contributed by atoms with Gasteiger partial charge in [-0.3, -0.25) is 4.84 Å². The summed E-state index contributed by atoms with van der Waals surface area (Å²) in [6, 6.07) is -0.491. The van der Waals surface area contributed by atoms with Crippen LogP contribution in [0.2, 0.25) is 0 Å². The van der Waals surface area contributed by atoms with Crippen molar-refractivity contribution in [3.63, 3.8) is 0 Å². The standard InChI is InChI=1S/C11H20N2O4S/c1-18-11(5-3-2-4-6-11)8-12-10(16)13-17-7-9(14)15/h2-8H2,1H3,(H,14,15)(H2,12,13,16). The van der Waals surface area contributed by atoms with E-state index < -0.39 is 18.6 Å². The zero-order valence-corrected chi connectivity index (χ0v) is 11.3. The first kappa shape index (κ1) is 15.1. The lowest BCUT2D eigenvalue weighted by molar-refractivity contribution is -0.144. The maximum Gasteiger partial charge on any atom is 0.338 e. The Balaban J connectivity index is 2.25. The van der Waals surface area contributed by atoms with Crippen LogP contribution in [0.3, 0.4) is 0 Å². The molecular formula is C11H20N2O4S. The van der Waals surface area contributed by atoms with Gasteiger partial charge in [0, 0.05) is 11.3 Å². The number of aliphatic carboxylic acids is 1. The zero-order valence-electron chi connectivity index (χ0n) is 10.5. The van der Waals surface area contributed by atoms with Gasteiger partial charge in [0.1, 0.15) is 0 Å². The van der Waals surface area contributed by atoms with Crippen molar-refractivity contribution in [2.75, 3.05) is 19.4 Å². The summed E-state index contributed by atoms with van der Waals surface area (Å²) in [4.78, 5) is 26.1. The van der Waals surface area contributed by atoms with Crippen LogP contribution in [0.1, 0.15) is 32.1 Å². The highest BCUT2D eigenvalue weighted by molar-refractivity contribution is 8.00. The third-order valence-electron chi connectivity index (χ3n) is 3.13. The molecule has 0 spiro atoms. The summed E-state index contributed by atoms with van der Waals surface area (Å²) in [6.07, 6.45) is 7.91. The first-order valence-electron chi connectivity index (χ1n) is 6.00. The second-order valence-corrected chi connectivity index (χ2v) is 5.69. The number of carboxylic acid groups (broad SMARTS) is 1. The van der Waals surface area contributed by atoms with Gasteiger partial charge in [0.2, 0.25) is 0 Å². The smallest absolute Gasteiger partial charge is 0.338 e. The van der Waals surface area contributed by atoms with E-state index in [0.717, 1.165) is 12.8 Å². The third kappa shape index (κ3) is 5.14. The Labute approximate surface area is 111 Å². The Hall–Kier alpha value is -0.950. The molecule has 0 radical (unpaired) electrons. The fourth-order valence-corrected chi connectivity index (χ4v) is 3.00. The van der Waals surface area contributed by atoms with Gasteiger partial charge >= 0.3 is 12.0 Å². The second kappa shape index (κ2) is 7.48. The zero-order chi connectivity index (χ0) is 13.4. The lowest BCUT2D eigenvalue weighted by atomic mass is 9.88. The predicted molar refractivity (Wildman–Crippen MR) is 69.5 cm³/mol. The highest BCUT2D eigenvalue weighted by Gasteiger charge is 2.31. The molecule has 18 heavy (non-hydrogen) atoms. The molecule has 2 amide bonds. The van der Waals surface area contributed by atoms with E-state index in [2.05, 4.69) is 21.9 Å². The Morgan fingerprint density at radius 2 is 2.00 bits per heavy atom. The molecule has 1 saturated carbocycles. The van der Waals surface area contributed by atoms with E-state index in [1.54, 1.807) is 11.8 Å². The molecule has 0 unspecified atom stereocenters. The summed E-state index contributed by atoms with van der Waals surface area (Å²) in [5.74, 6) is -1.12. The summed E-state index contributed by atoms with van der Waals surface area (Å²) in [6.45, 7) is 0.0392. The topological polar surface area (TPSA) is 87.7 Å². The summed E-state index contributed by atoms with van der Waals surface area (Å²) < 4.78 is 0.113. The minimum atomic E-state index is -1.12. The van der Waals surface area contributed by atoms with Crippen LogP contribution in [0.5, 0.6) is 0 Å². The summed E-state index contributed by atoms with van der Waals surface area (Å²) in [5, 5.41) is 11.1. The van der Waals surface area contributed by atoms with Gasteiger partial charge in [-0.05, 0) is 19.1 Å². The Morgan fingerprint density at radius 3 is 2.56 bits per heavy atom. The Kier molecular flexibility index (Phi) is 6.28. The van der Waals surface area contributed by atoms with Gasteiger partial charge in [-0.1, -0.05) is 19.3 Å². The average Bonchev–Trinajstić information content (AvgIpc) is 2.37. The molecule has 0 aliphatic heterocycles. The van der Waals surface area contributed by atoms with Crippen LogP contribution < -0.4 is 10.8 Å². The van der Waals surface area contributed by atoms with Crippen LogP contribution in [-0.2, 0) is 9.63 Å². The van der Waals surface area contributed by atoms with Crippen molar-refractivity contribution in [3.8, 4) is 0 Å². The van der Waals surface area contributed by atoms with Crippen LogP contribution in [0.25, 0.3) is 0 Å². The molecule has 0 saturated heterocycles. The first-order valence-corrected chi connectivity index (χ1v) is 7.23. The maximum absolute atomic E-state index is 11.4. The summed E-state index contributed by atoms with van der Waals surface area (Å²) in [7, 11) is 0. The molecule has 0 aromatic carbocycles. The predicted octanol–water partition coefficient (Wildman–Crippen LogP) is 1.37. The number of rotatable bonds is 6. The quantitative estimate of drug-likeness (QED) is 0.638. The van der Waals surface area contributed by atoms with Gasteiger partial charge in [-0.2, -0.15) is 11.8 Å². The number of amides is 2. The molecular weight excluding hydrogens is 256 g/mol. The van der Waals surface area contributed by atoms with Crippen LogP contribution in [0.4, 0.5) is 4.79 Å². The van der Waals surface area contributed by atoms with Crippen molar-refractivity contribution < 1.29 is 19.5 Å². The van der Waals surface area contributed by atoms with Gasteiger partial charge in [-0.15, -0.1) is 0 Å². The molecule has 1 aliphatic carbocycles. The lowest BCUT2D eigenvalue weighted by Gasteiger charge is -2.35.